The van der Waals surface area contributed by atoms with Crippen LogP contribution in [0.5, 0.6) is 5.75 Å². The Balaban J connectivity index is 2.11. The Hall–Kier alpha value is -3.87. The number of carbonyl (C=O) groups excluding carboxylic acids is 3. The largest absolute Gasteiger partial charge is 0.496 e. The van der Waals surface area contributed by atoms with E-state index < -0.39 is 70.9 Å². The highest BCUT2D eigenvalue weighted by Gasteiger charge is 2.58. The van der Waals surface area contributed by atoms with E-state index in [9.17, 15) is 32.3 Å². The molecule has 36 heavy (non-hydrogen) atoms. The third-order valence-corrected chi connectivity index (χ3v) is 5.33. The first-order valence-corrected chi connectivity index (χ1v) is 10.3. The van der Waals surface area contributed by atoms with Gasteiger partial charge in [-0.1, -0.05) is 17.7 Å². The minimum Gasteiger partial charge on any atom is -0.496 e. The van der Waals surface area contributed by atoms with E-state index in [-0.39, 0.29) is 15.7 Å². The van der Waals surface area contributed by atoms with Gasteiger partial charge in [-0.05, 0) is 37.3 Å². The molecule has 2 atom stereocenters. The number of nitrogens with zero attached hydrogens (tertiary/aromatic N) is 1. The molecule has 1 heterocycles. The molecule has 2 amide bonds. The van der Waals surface area contributed by atoms with Gasteiger partial charge in [0.2, 0.25) is 5.67 Å². The fourth-order valence-electron chi connectivity index (χ4n) is 3.46. The third kappa shape index (κ3) is 4.78. The molecular formula is C22H16ClF4NO8. The Morgan fingerprint density at radius 1 is 1.14 bits per heavy atom. The number of fused-ring (bicyclic) bond motifs is 1. The molecular weight excluding hydrogens is 518 g/mol. The first-order valence-electron chi connectivity index (χ1n) is 9.90. The van der Waals surface area contributed by atoms with E-state index in [1.165, 1.54) is 12.1 Å². The SMILES string of the molecule is COc1ccc(Cl)cc1[C@]1(F)C(=O)N(C(=O)O[C@@H](C)C(=O)OCC(=O)O)c2cc(C(F)(F)F)ccc21. The van der Waals surface area contributed by atoms with Crippen LogP contribution in [0.2, 0.25) is 5.02 Å². The second-order valence-electron chi connectivity index (χ2n) is 7.40. The van der Waals surface area contributed by atoms with Crippen LogP contribution in [0.4, 0.5) is 28.0 Å². The van der Waals surface area contributed by atoms with Crippen molar-refractivity contribution in [3.05, 3.63) is 58.1 Å². The van der Waals surface area contributed by atoms with Gasteiger partial charge < -0.3 is 19.3 Å². The number of hydrogen-bond donors (Lipinski definition) is 1. The van der Waals surface area contributed by atoms with Gasteiger partial charge in [-0.25, -0.2) is 23.7 Å². The van der Waals surface area contributed by atoms with Crippen molar-refractivity contribution in [3.8, 4) is 5.75 Å². The van der Waals surface area contributed by atoms with Crippen molar-refractivity contribution in [1.82, 2.24) is 0 Å². The molecule has 0 unspecified atom stereocenters. The molecule has 0 aromatic heterocycles. The second-order valence-corrected chi connectivity index (χ2v) is 7.84. The number of anilines is 1. The monoisotopic (exact) mass is 533 g/mol. The van der Waals surface area contributed by atoms with E-state index in [0.717, 1.165) is 20.1 Å². The zero-order valence-electron chi connectivity index (χ0n) is 18.4. The Kier molecular flexibility index (Phi) is 7.16. The van der Waals surface area contributed by atoms with E-state index in [1.807, 2.05) is 0 Å². The van der Waals surface area contributed by atoms with E-state index in [4.69, 9.17) is 26.2 Å². The van der Waals surface area contributed by atoms with Crippen LogP contribution in [0.1, 0.15) is 23.6 Å². The number of rotatable bonds is 6. The molecule has 0 saturated heterocycles. The lowest BCUT2D eigenvalue weighted by molar-refractivity contribution is -0.160. The number of ether oxygens (including phenoxy) is 3. The van der Waals surface area contributed by atoms with Gasteiger partial charge in [0.15, 0.2) is 12.7 Å². The van der Waals surface area contributed by atoms with Crippen molar-refractivity contribution >= 4 is 41.2 Å². The summed E-state index contributed by atoms with van der Waals surface area (Å²) in [4.78, 5) is 48.5. The number of carbonyl (C=O) groups is 4. The number of carboxylic acids is 1. The topological polar surface area (TPSA) is 119 Å². The quantitative estimate of drug-likeness (QED) is 0.436. The summed E-state index contributed by atoms with van der Waals surface area (Å²) in [7, 11) is 1.15. The summed E-state index contributed by atoms with van der Waals surface area (Å²) >= 11 is 5.95. The number of halogens is 5. The Bertz CT molecular complexity index is 1250. The number of alkyl halides is 4. The first kappa shape index (κ1) is 26.7. The molecule has 2 aromatic carbocycles. The van der Waals surface area contributed by atoms with Crippen molar-refractivity contribution in [2.24, 2.45) is 0 Å². The Morgan fingerprint density at radius 2 is 1.81 bits per heavy atom. The lowest BCUT2D eigenvalue weighted by Gasteiger charge is -2.23. The van der Waals surface area contributed by atoms with Crippen LogP contribution >= 0.6 is 11.6 Å². The van der Waals surface area contributed by atoms with Gasteiger partial charge >= 0.3 is 24.2 Å². The maximum atomic E-state index is 16.6. The normalized spacial score (nSPS) is 17.9. The summed E-state index contributed by atoms with van der Waals surface area (Å²) in [6, 6.07) is 5.14. The summed E-state index contributed by atoms with van der Waals surface area (Å²) in [5, 5.41) is 8.53. The molecule has 2 aromatic rings. The number of methoxy groups -OCH3 is 1. The van der Waals surface area contributed by atoms with Crippen LogP contribution in [-0.2, 0) is 35.7 Å². The van der Waals surface area contributed by atoms with Crippen LogP contribution in [0.15, 0.2) is 36.4 Å². The van der Waals surface area contributed by atoms with Crippen LogP contribution in [0, 0.1) is 0 Å². The van der Waals surface area contributed by atoms with Gasteiger partial charge in [0.05, 0.1) is 18.4 Å². The molecule has 0 saturated carbocycles. The third-order valence-electron chi connectivity index (χ3n) is 5.10. The number of imide groups is 1. The Morgan fingerprint density at radius 3 is 2.39 bits per heavy atom. The summed E-state index contributed by atoms with van der Waals surface area (Å²) in [5.41, 5.74) is -6.47. The molecule has 0 fully saturated rings. The van der Waals surface area contributed by atoms with Crippen molar-refractivity contribution in [1.29, 1.82) is 0 Å². The molecule has 1 N–H and O–H groups in total. The van der Waals surface area contributed by atoms with Crippen LogP contribution in [-0.4, -0.2) is 48.9 Å². The number of aliphatic carboxylic acids is 1. The zero-order valence-corrected chi connectivity index (χ0v) is 19.1. The number of benzene rings is 2. The molecule has 0 bridgehead atoms. The molecule has 1 aliphatic heterocycles. The lowest BCUT2D eigenvalue weighted by atomic mass is 9.88. The predicted molar refractivity (Wildman–Crippen MR) is 113 cm³/mol. The minimum absolute atomic E-state index is 0.00585. The Labute approximate surface area is 205 Å². The lowest BCUT2D eigenvalue weighted by Crippen LogP contribution is -2.44. The maximum Gasteiger partial charge on any atom is 0.422 e. The molecule has 192 valence electrons. The van der Waals surface area contributed by atoms with Crippen molar-refractivity contribution in [3.63, 3.8) is 0 Å². The summed E-state index contributed by atoms with van der Waals surface area (Å²) in [6.07, 6.45) is -8.42. The van der Waals surface area contributed by atoms with E-state index in [0.29, 0.717) is 18.2 Å². The average molecular weight is 534 g/mol. The molecule has 3 rings (SSSR count). The van der Waals surface area contributed by atoms with E-state index in [1.54, 1.807) is 0 Å². The van der Waals surface area contributed by atoms with E-state index >= 15 is 4.39 Å². The minimum atomic E-state index is -4.92. The summed E-state index contributed by atoms with van der Waals surface area (Å²) in [5.74, 6) is -4.69. The highest BCUT2D eigenvalue weighted by molar-refractivity contribution is 6.31. The first-order chi connectivity index (χ1) is 16.7. The molecule has 1 aliphatic rings. The van der Waals surface area contributed by atoms with Crippen molar-refractivity contribution < 1.29 is 56.1 Å². The van der Waals surface area contributed by atoms with Gasteiger partial charge in [-0.15, -0.1) is 0 Å². The van der Waals surface area contributed by atoms with Crippen LogP contribution in [0.3, 0.4) is 0 Å². The number of amides is 2. The zero-order chi connectivity index (χ0) is 27.0. The highest BCUT2D eigenvalue weighted by atomic mass is 35.5. The van der Waals surface area contributed by atoms with Gasteiger partial charge in [0, 0.05) is 16.1 Å². The molecule has 0 aliphatic carbocycles. The summed E-state index contributed by atoms with van der Waals surface area (Å²) < 4.78 is 71.0. The maximum absolute atomic E-state index is 16.6. The van der Waals surface area contributed by atoms with Gasteiger partial charge in [0.1, 0.15) is 5.75 Å². The van der Waals surface area contributed by atoms with Gasteiger partial charge in [-0.3, -0.25) is 4.79 Å². The van der Waals surface area contributed by atoms with Crippen molar-refractivity contribution in [2.45, 2.75) is 24.9 Å². The van der Waals surface area contributed by atoms with Crippen molar-refractivity contribution in [2.75, 3.05) is 18.6 Å². The summed E-state index contributed by atoms with van der Waals surface area (Å²) in [6.45, 7) is -0.109. The predicted octanol–water partition coefficient (Wildman–Crippen LogP) is 4.08. The van der Waals surface area contributed by atoms with Gasteiger partial charge in [-0.2, -0.15) is 13.2 Å². The molecule has 0 radical (unpaired) electrons. The molecule has 9 nitrogen and oxygen atoms in total. The fourth-order valence-corrected chi connectivity index (χ4v) is 3.63. The van der Waals surface area contributed by atoms with E-state index in [2.05, 4.69) is 4.74 Å². The van der Waals surface area contributed by atoms with Gasteiger partial charge in [0.25, 0.3) is 5.91 Å². The number of carboxylic acid groups (broad SMARTS) is 1. The smallest absolute Gasteiger partial charge is 0.422 e. The standard InChI is InChI=1S/C22H16ClF4NO8/c1-10(18(31)35-9-17(29)30)36-20(33)28-15-7-11(22(25,26)27)3-5-13(15)21(24,19(28)32)14-8-12(23)4-6-16(14)34-2/h3-8,10H,9H2,1-2H3,(H,29,30)/t10-,21-/m0/s1. The highest BCUT2D eigenvalue weighted by Crippen LogP contribution is 2.51. The molecule has 0 spiro atoms. The van der Waals surface area contributed by atoms with Crippen LogP contribution in [0.25, 0.3) is 0 Å². The van der Waals surface area contributed by atoms with Crippen LogP contribution < -0.4 is 9.64 Å². The average Bonchev–Trinajstić information content (AvgIpc) is 3.03. The second kappa shape index (κ2) is 9.64. The number of esters is 1. The molecule has 14 heteroatoms. The fraction of sp³-hybridized carbons (Fsp3) is 0.273. The number of hydrogen-bond acceptors (Lipinski definition) is 7.